The first kappa shape index (κ1) is 12.4. The molecule has 5 heteroatoms. The highest BCUT2D eigenvalue weighted by Gasteiger charge is 2.32. The number of rotatable bonds is 1. The van der Waals surface area contributed by atoms with Gasteiger partial charge in [-0.2, -0.15) is 13.2 Å². The number of halogens is 3. The summed E-state index contributed by atoms with van der Waals surface area (Å²) >= 11 is 0. The molecule has 2 atom stereocenters. The number of hydrogen-bond acceptors (Lipinski definition) is 2. The van der Waals surface area contributed by atoms with E-state index in [2.05, 4.69) is 5.32 Å². The number of alkyl halides is 3. The van der Waals surface area contributed by atoms with Crippen LogP contribution in [0.2, 0.25) is 0 Å². The Kier molecular flexibility index (Phi) is 3.40. The van der Waals surface area contributed by atoms with Gasteiger partial charge in [0.05, 0.1) is 11.7 Å². The molecule has 94 valence electrons. The lowest BCUT2D eigenvalue weighted by atomic mass is 9.87. The van der Waals surface area contributed by atoms with Crippen molar-refractivity contribution < 1.29 is 18.3 Å². The molecule has 0 amide bonds. The molecule has 2 N–H and O–H groups in total. The number of piperidine rings is 1. The van der Waals surface area contributed by atoms with Crippen molar-refractivity contribution in [3.8, 4) is 0 Å². The van der Waals surface area contributed by atoms with Crippen molar-refractivity contribution in [3.05, 3.63) is 35.4 Å². The number of aliphatic hydroxyl groups excluding tert-OH is 1. The van der Waals surface area contributed by atoms with Crippen molar-refractivity contribution in [2.75, 3.05) is 13.1 Å². The number of hydrogen-bond donors (Lipinski definition) is 2. The SMILES string of the molecule is O[C@H]1CNCC[C@H]1c1cccc(C(F)(F)F)c1. The van der Waals surface area contributed by atoms with Crippen LogP contribution in [0.1, 0.15) is 23.5 Å². The predicted octanol–water partition coefficient (Wildman–Crippen LogP) is 2.14. The predicted molar refractivity (Wildman–Crippen MR) is 57.7 cm³/mol. The summed E-state index contributed by atoms with van der Waals surface area (Å²) in [6.07, 6.45) is -4.29. The van der Waals surface area contributed by atoms with Gasteiger partial charge in [0.2, 0.25) is 0 Å². The molecule has 1 fully saturated rings. The Hall–Kier alpha value is -1.07. The van der Waals surface area contributed by atoms with E-state index in [4.69, 9.17) is 0 Å². The normalized spacial score (nSPS) is 25.9. The number of β-amino-alcohol motifs (C(OH)–C–C–N with tert-alkyl or cyclic N) is 1. The molecular formula is C12H14F3NO. The van der Waals surface area contributed by atoms with Gasteiger partial charge in [0.15, 0.2) is 0 Å². The highest BCUT2D eigenvalue weighted by Crippen LogP contribution is 2.33. The third-order valence-corrected chi connectivity index (χ3v) is 3.09. The molecule has 2 nitrogen and oxygen atoms in total. The van der Waals surface area contributed by atoms with Gasteiger partial charge in [-0.15, -0.1) is 0 Å². The summed E-state index contributed by atoms with van der Waals surface area (Å²) in [5.41, 5.74) is -0.0884. The van der Waals surface area contributed by atoms with Gasteiger partial charge in [-0.3, -0.25) is 0 Å². The minimum atomic E-state index is -4.33. The Morgan fingerprint density at radius 1 is 1.29 bits per heavy atom. The van der Waals surface area contributed by atoms with Crippen LogP contribution >= 0.6 is 0 Å². The highest BCUT2D eigenvalue weighted by atomic mass is 19.4. The molecule has 0 aliphatic carbocycles. The van der Waals surface area contributed by atoms with Crippen molar-refractivity contribution in [2.45, 2.75) is 24.6 Å². The van der Waals surface area contributed by atoms with Crippen LogP contribution in [0.15, 0.2) is 24.3 Å². The topological polar surface area (TPSA) is 32.3 Å². The molecule has 1 aliphatic rings. The average Bonchev–Trinajstić information content (AvgIpc) is 2.29. The van der Waals surface area contributed by atoms with Crippen LogP contribution < -0.4 is 5.32 Å². The number of aliphatic hydroxyl groups is 1. The quantitative estimate of drug-likeness (QED) is 0.794. The fraction of sp³-hybridized carbons (Fsp3) is 0.500. The van der Waals surface area contributed by atoms with E-state index < -0.39 is 17.8 Å². The van der Waals surface area contributed by atoms with Crippen LogP contribution in [0.25, 0.3) is 0 Å². The molecule has 1 aliphatic heterocycles. The number of benzene rings is 1. The molecule has 0 saturated carbocycles. The van der Waals surface area contributed by atoms with Crippen molar-refractivity contribution in [1.82, 2.24) is 5.32 Å². The minimum Gasteiger partial charge on any atom is -0.391 e. The van der Waals surface area contributed by atoms with Gasteiger partial charge in [-0.05, 0) is 24.6 Å². The molecule has 0 radical (unpaired) electrons. The van der Waals surface area contributed by atoms with Crippen LogP contribution in [0.4, 0.5) is 13.2 Å². The van der Waals surface area contributed by atoms with E-state index in [1.165, 1.54) is 6.07 Å². The van der Waals surface area contributed by atoms with Gasteiger partial charge in [-0.25, -0.2) is 0 Å². The number of nitrogens with one attached hydrogen (secondary N) is 1. The molecule has 1 saturated heterocycles. The summed E-state index contributed by atoms with van der Waals surface area (Å²) in [5, 5.41) is 12.8. The van der Waals surface area contributed by atoms with Crippen molar-refractivity contribution in [2.24, 2.45) is 0 Å². The first-order valence-electron chi connectivity index (χ1n) is 5.54. The molecule has 1 heterocycles. The minimum absolute atomic E-state index is 0.210. The second-order valence-electron chi connectivity index (χ2n) is 4.29. The Labute approximate surface area is 97.5 Å². The summed E-state index contributed by atoms with van der Waals surface area (Å²) in [6, 6.07) is 5.23. The summed E-state index contributed by atoms with van der Waals surface area (Å²) in [6.45, 7) is 1.15. The molecule has 0 spiro atoms. The maximum absolute atomic E-state index is 12.6. The van der Waals surface area contributed by atoms with E-state index in [0.717, 1.165) is 18.7 Å². The standard InChI is InChI=1S/C12H14F3NO/c13-12(14,15)9-3-1-2-8(6-9)10-4-5-16-7-11(10)17/h1-3,6,10-11,16-17H,4-5,7H2/t10-,11-/m0/s1. The Morgan fingerprint density at radius 2 is 2.06 bits per heavy atom. The molecule has 0 bridgehead atoms. The molecule has 0 aromatic heterocycles. The van der Waals surface area contributed by atoms with Crippen molar-refractivity contribution in [1.29, 1.82) is 0 Å². The third-order valence-electron chi connectivity index (χ3n) is 3.09. The first-order chi connectivity index (χ1) is 7.98. The molecule has 0 unspecified atom stereocenters. The van der Waals surface area contributed by atoms with Crippen LogP contribution in [0.3, 0.4) is 0 Å². The highest BCUT2D eigenvalue weighted by molar-refractivity contribution is 5.29. The van der Waals surface area contributed by atoms with E-state index in [9.17, 15) is 18.3 Å². The van der Waals surface area contributed by atoms with Crippen LogP contribution in [0, 0.1) is 0 Å². The van der Waals surface area contributed by atoms with E-state index in [-0.39, 0.29) is 5.92 Å². The van der Waals surface area contributed by atoms with E-state index in [0.29, 0.717) is 18.5 Å². The van der Waals surface area contributed by atoms with Gasteiger partial charge in [0, 0.05) is 12.5 Å². The Bertz CT molecular complexity index is 392. The van der Waals surface area contributed by atoms with E-state index in [1.807, 2.05) is 0 Å². The Balaban J connectivity index is 2.26. The largest absolute Gasteiger partial charge is 0.416 e. The summed E-state index contributed by atoms with van der Waals surface area (Å²) in [5.74, 6) is -0.210. The van der Waals surface area contributed by atoms with Gasteiger partial charge >= 0.3 is 6.18 Å². The summed E-state index contributed by atoms with van der Waals surface area (Å²) in [4.78, 5) is 0. The van der Waals surface area contributed by atoms with Gasteiger partial charge < -0.3 is 10.4 Å². The van der Waals surface area contributed by atoms with Crippen molar-refractivity contribution in [3.63, 3.8) is 0 Å². The van der Waals surface area contributed by atoms with Crippen LogP contribution in [-0.4, -0.2) is 24.3 Å². The van der Waals surface area contributed by atoms with Crippen LogP contribution in [0.5, 0.6) is 0 Å². The molecule has 2 rings (SSSR count). The van der Waals surface area contributed by atoms with E-state index in [1.54, 1.807) is 6.07 Å². The van der Waals surface area contributed by atoms with Gasteiger partial charge in [0.25, 0.3) is 0 Å². The smallest absolute Gasteiger partial charge is 0.391 e. The molecule has 1 aromatic carbocycles. The lowest BCUT2D eigenvalue weighted by Gasteiger charge is -2.29. The first-order valence-corrected chi connectivity index (χ1v) is 5.54. The molecule has 1 aromatic rings. The molecular weight excluding hydrogens is 231 g/mol. The monoisotopic (exact) mass is 245 g/mol. The third kappa shape index (κ3) is 2.79. The van der Waals surface area contributed by atoms with E-state index >= 15 is 0 Å². The van der Waals surface area contributed by atoms with Gasteiger partial charge in [0.1, 0.15) is 0 Å². The maximum Gasteiger partial charge on any atom is 0.416 e. The fourth-order valence-corrected chi connectivity index (χ4v) is 2.18. The second kappa shape index (κ2) is 4.66. The zero-order valence-electron chi connectivity index (χ0n) is 9.17. The van der Waals surface area contributed by atoms with Gasteiger partial charge in [-0.1, -0.05) is 18.2 Å². The summed E-state index contributed by atoms with van der Waals surface area (Å²) < 4.78 is 37.7. The lowest BCUT2D eigenvalue weighted by Crippen LogP contribution is -2.39. The zero-order chi connectivity index (χ0) is 12.5. The van der Waals surface area contributed by atoms with Crippen LogP contribution in [-0.2, 0) is 6.18 Å². The second-order valence-corrected chi connectivity index (χ2v) is 4.29. The lowest BCUT2D eigenvalue weighted by molar-refractivity contribution is -0.137. The fourth-order valence-electron chi connectivity index (χ4n) is 2.18. The Morgan fingerprint density at radius 3 is 2.71 bits per heavy atom. The average molecular weight is 245 g/mol. The molecule has 17 heavy (non-hydrogen) atoms. The summed E-state index contributed by atoms with van der Waals surface area (Å²) in [7, 11) is 0. The maximum atomic E-state index is 12.6. The zero-order valence-corrected chi connectivity index (χ0v) is 9.17. The van der Waals surface area contributed by atoms with Crippen molar-refractivity contribution >= 4 is 0 Å².